The Balaban J connectivity index is 2.08. The monoisotopic (exact) mass is 376 g/mol. The van der Waals surface area contributed by atoms with Crippen molar-refractivity contribution >= 4 is 38.9 Å². The predicted octanol–water partition coefficient (Wildman–Crippen LogP) is 5.50. The van der Waals surface area contributed by atoms with Crippen LogP contribution in [0.5, 0.6) is 0 Å². The number of benzene rings is 2. The van der Waals surface area contributed by atoms with E-state index in [0.29, 0.717) is 5.11 Å². The van der Waals surface area contributed by atoms with E-state index in [0.717, 1.165) is 16.6 Å². The molecule has 0 unspecified atom stereocenters. The molecule has 0 spiro atoms. The molecule has 0 radical (unpaired) electrons. The summed E-state index contributed by atoms with van der Waals surface area (Å²) in [6, 6.07) is 14.7. The Morgan fingerprint density at radius 1 is 1.18 bits per heavy atom. The number of hydrogen-bond acceptors (Lipinski definition) is 1. The summed E-state index contributed by atoms with van der Waals surface area (Å²) in [7, 11) is 0. The van der Waals surface area contributed by atoms with Gasteiger partial charge >= 0.3 is 0 Å². The van der Waals surface area contributed by atoms with Crippen LogP contribution in [0.1, 0.15) is 36.1 Å². The smallest absolute Gasteiger partial charge is 0.171 e. The summed E-state index contributed by atoms with van der Waals surface area (Å²) in [4.78, 5) is 0. The number of rotatable bonds is 4. The third-order valence-corrected chi connectivity index (χ3v) is 4.31. The SMILES string of the molecule is CC[C@@H](NC(=S)Nc1cccc(Br)c1)c1ccc(C)cc1C. The van der Waals surface area contributed by atoms with Gasteiger partial charge in [-0.05, 0) is 61.8 Å². The molecule has 2 nitrogen and oxygen atoms in total. The normalized spacial score (nSPS) is 11.8. The fourth-order valence-corrected chi connectivity index (χ4v) is 3.17. The van der Waals surface area contributed by atoms with Crippen LogP contribution < -0.4 is 10.6 Å². The molecule has 22 heavy (non-hydrogen) atoms. The van der Waals surface area contributed by atoms with Crippen molar-refractivity contribution in [3.8, 4) is 0 Å². The van der Waals surface area contributed by atoms with Crippen molar-refractivity contribution in [1.82, 2.24) is 5.32 Å². The maximum Gasteiger partial charge on any atom is 0.171 e. The first kappa shape index (κ1) is 17.0. The van der Waals surface area contributed by atoms with E-state index in [1.54, 1.807) is 0 Å². The van der Waals surface area contributed by atoms with Crippen LogP contribution in [0.25, 0.3) is 0 Å². The molecule has 0 saturated carbocycles. The average Bonchev–Trinajstić information content (AvgIpc) is 2.45. The minimum atomic E-state index is 0.216. The van der Waals surface area contributed by atoms with Crippen molar-refractivity contribution in [3.05, 3.63) is 63.6 Å². The van der Waals surface area contributed by atoms with Gasteiger partial charge in [-0.2, -0.15) is 0 Å². The fourth-order valence-electron chi connectivity index (χ4n) is 2.51. The lowest BCUT2D eigenvalue weighted by Gasteiger charge is -2.22. The second-order valence-electron chi connectivity index (χ2n) is 5.43. The maximum atomic E-state index is 5.45. The lowest BCUT2D eigenvalue weighted by molar-refractivity contribution is 0.625. The van der Waals surface area contributed by atoms with Gasteiger partial charge in [0, 0.05) is 10.2 Å². The molecule has 0 aliphatic carbocycles. The molecule has 2 rings (SSSR count). The van der Waals surface area contributed by atoms with Crippen molar-refractivity contribution in [1.29, 1.82) is 0 Å². The van der Waals surface area contributed by atoms with Crippen molar-refractivity contribution < 1.29 is 0 Å². The van der Waals surface area contributed by atoms with Gasteiger partial charge in [0.1, 0.15) is 0 Å². The van der Waals surface area contributed by atoms with Crippen LogP contribution in [0.2, 0.25) is 0 Å². The first-order valence-corrected chi connectivity index (χ1v) is 8.60. The zero-order chi connectivity index (χ0) is 16.1. The van der Waals surface area contributed by atoms with Gasteiger partial charge in [-0.25, -0.2) is 0 Å². The second-order valence-corrected chi connectivity index (χ2v) is 6.75. The second kappa shape index (κ2) is 7.75. The highest BCUT2D eigenvalue weighted by molar-refractivity contribution is 9.10. The van der Waals surface area contributed by atoms with Crippen LogP contribution in [0.4, 0.5) is 5.69 Å². The minimum Gasteiger partial charge on any atom is -0.356 e. The van der Waals surface area contributed by atoms with E-state index in [1.807, 2.05) is 24.3 Å². The molecule has 116 valence electrons. The highest BCUT2D eigenvalue weighted by atomic mass is 79.9. The Morgan fingerprint density at radius 2 is 1.95 bits per heavy atom. The number of thiocarbonyl (C=S) groups is 1. The third-order valence-electron chi connectivity index (χ3n) is 3.60. The lowest BCUT2D eigenvalue weighted by atomic mass is 9.98. The molecule has 0 aromatic heterocycles. The lowest BCUT2D eigenvalue weighted by Crippen LogP contribution is -2.32. The molecular formula is C18H21BrN2S. The largest absolute Gasteiger partial charge is 0.356 e. The molecule has 0 aliphatic rings. The number of halogens is 1. The third kappa shape index (κ3) is 4.55. The van der Waals surface area contributed by atoms with E-state index in [4.69, 9.17) is 12.2 Å². The van der Waals surface area contributed by atoms with Crippen LogP contribution >= 0.6 is 28.1 Å². The van der Waals surface area contributed by atoms with Gasteiger partial charge in [0.15, 0.2) is 5.11 Å². The molecule has 0 fully saturated rings. The van der Waals surface area contributed by atoms with Crippen LogP contribution in [-0.4, -0.2) is 5.11 Å². The molecule has 0 aliphatic heterocycles. The van der Waals surface area contributed by atoms with Crippen LogP contribution in [0.3, 0.4) is 0 Å². The highest BCUT2D eigenvalue weighted by Gasteiger charge is 2.13. The maximum absolute atomic E-state index is 5.45. The van der Waals surface area contributed by atoms with E-state index in [2.05, 4.69) is 65.5 Å². The van der Waals surface area contributed by atoms with Gasteiger partial charge in [0.05, 0.1) is 6.04 Å². The number of aryl methyl sites for hydroxylation is 2. The summed E-state index contributed by atoms with van der Waals surface area (Å²) in [6.07, 6.45) is 0.976. The van der Waals surface area contributed by atoms with Crippen molar-refractivity contribution in [2.45, 2.75) is 33.2 Å². The van der Waals surface area contributed by atoms with Crippen molar-refractivity contribution in [3.63, 3.8) is 0 Å². The fraction of sp³-hybridized carbons (Fsp3) is 0.278. The van der Waals surface area contributed by atoms with E-state index < -0.39 is 0 Å². The molecule has 0 amide bonds. The van der Waals surface area contributed by atoms with Crippen LogP contribution in [-0.2, 0) is 0 Å². The number of hydrogen-bond donors (Lipinski definition) is 2. The Kier molecular flexibility index (Phi) is 5.98. The molecule has 0 bridgehead atoms. The van der Waals surface area contributed by atoms with Gasteiger partial charge in [-0.1, -0.05) is 52.7 Å². The molecule has 2 aromatic rings. The van der Waals surface area contributed by atoms with Crippen LogP contribution in [0.15, 0.2) is 46.9 Å². The Hall–Kier alpha value is -1.39. The molecule has 4 heteroatoms. The predicted molar refractivity (Wildman–Crippen MR) is 102 cm³/mol. The molecule has 1 atom stereocenters. The van der Waals surface area contributed by atoms with Gasteiger partial charge in [0.2, 0.25) is 0 Å². The van der Waals surface area contributed by atoms with E-state index in [-0.39, 0.29) is 6.04 Å². The Bertz CT molecular complexity index is 670. The molecule has 2 aromatic carbocycles. The topological polar surface area (TPSA) is 24.1 Å². The summed E-state index contributed by atoms with van der Waals surface area (Å²) in [6.45, 7) is 6.43. The van der Waals surface area contributed by atoms with Crippen molar-refractivity contribution in [2.75, 3.05) is 5.32 Å². The molecule has 2 N–H and O–H groups in total. The molecule has 0 saturated heterocycles. The molecule has 0 heterocycles. The standard InChI is InChI=1S/C18H21BrN2S/c1-4-17(16-9-8-12(2)10-13(16)3)21-18(22)20-15-7-5-6-14(19)11-15/h5-11,17H,4H2,1-3H3,(H2,20,21,22)/t17-/m1/s1. The van der Waals surface area contributed by atoms with Crippen LogP contribution in [0, 0.1) is 13.8 Å². The quantitative estimate of drug-likeness (QED) is 0.688. The number of nitrogens with one attached hydrogen (secondary N) is 2. The van der Waals surface area contributed by atoms with Gasteiger partial charge in [-0.3, -0.25) is 0 Å². The Morgan fingerprint density at radius 3 is 2.59 bits per heavy atom. The first-order valence-electron chi connectivity index (χ1n) is 7.40. The van der Waals surface area contributed by atoms with Gasteiger partial charge < -0.3 is 10.6 Å². The number of anilines is 1. The minimum absolute atomic E-state index is 0.216. The summed E-state index contributed by atoms with van der Waals surface area (Å²) in [5, 5.41) is 7.30. The average molecular weight is 377 g/mol. The van der Waals surface area contributed by atoms with Gasteiger partial charge in [0.25, 0.3) is 0 Å². The summed E-state index contributed by atoms with van der Waals surface area (Å²) in [5.41, 5.74) is 4.85. The summed E-state index contributed by atoms with van der Waals surface area (Å²) in [5.74, 6) is 0. The van der Waals surface area contributed by atoms with E-state index >= 15 is 0 Å². The van der Waals surface area contributed by atoms with Crippen molar-refractivity contribution in [2.24, 2.45) is 0 Å². The first-order chi connectivity index (χ1) is 10.5. The molecular weight excluding hydrogens is 356 g/mol. The van der Waals surface area contributed by atoms with E-state index in [1.165, 1.54) is 16.7 Å². The van der Waals surface area contributed by atoms with E-state index in [9.17, 15) is 0 Å². The summed E-state index contributed by atoms with van der Waals surface area (Å²) >= 11 is 8.92. The summed E-state index contributed by atoms with van der Waals surface area (Å²) < 4.78 is 1.03. The highest BCUT2D eigenvalue weighted by Crippen LogP contribution is 2.22. The Labute approximate surface area is 146 Å². The zero-order valence-electron chi connectivity index (χ0n) is 13.1. The van der Waals surface area contributed by atoms with Gasteiger partial charge in [-0.15, -0.1) is 0 Å². The zero-order valence-corrected chi connectivity index (χ0v) is 15.5.